The predicted molar refractivity (Wildman–Crippen MR) is 143 cm³/mol. The molecule has 1 unspecified atom stereocenters. The van der Waals surface area contributed by atoms with Gasteiger partial charge >= 0.3 is 6.03 Å². The smallest absolute Gasteiger partial charge is 0.321 e. The number of nitrogens with one attached hydrogen (secondary N) is 2. The van der Waals surface area contributed by atoms with Crippen LogP contribution in [0.3, 0.4) is 0 Å². The zero-order chi connectivity index (χ0) is 25.8. The van der Waals surface area contributed by atoms with Crippen LogP contribution in [0.1, 0.15) is 29.7 Å². The molecule has 2 aromatic carbocycles. The first kappa shape index (κ1) is 24.2. The molecule has 188 valence electrons. The number of fused-ring (bicyclic) bond motifs is 1. The number of amides is 4. The Kier molecular flexibility index (Phi) is 6.98. The molecule has 3 heterocycles. The highest BCUT2D eigenvalue weighted by Crippen LogP contribution is 2.35. The Balaban J connectivity index is 1.51. The van der Waals surface area contributed by atoms with E-state index in [1.807, 2.05) is 67.6 Å². The summed E-state index contributed by atoms with van der Waals surface area (Å²) in [6.07, 6.45) is 3.70. The second-order valence-electron chi connectivity index (χ2n) is 9.22. The van der Waals surface area contributed by atoms with E-state index in [9.17, 15) is 14.4 Å². The van der Waals surface area contributed by atoms with Crippen molar-refractivity contribution in [3.8, 4) is 0 Å². The third kappa shape index (κ3) is 5.38. The number of pyridine rings is 1. The Labute approximate surface area is 216 Å². The van der Waals surface area contributed by atoms with Crippen LogP contribution in [0.5, 0.6) is 0 Å². The van der Waals surface area contributed by atoms with Crippen LogP contribution in [0.2, 0.25) is 0 Å². The van der Waals surface area contributed by atoms with E-state index in [1.54, 1.807) is 23.1 Å². The van der Waals surface area contributed by atoms with E-state index in [-0.39, 0.29) is 18.4 Å². The van der Waals surface area contributed by atoms with Crippen molar-refractivity contribution in [3.05, 3.63) is 95.7 Å². The second kappa shape index (κ2) is 10.7. The Morgan fingerprint density at radius 3 is 2.43 bits per heavy atom. The number of para-hydroxylation sites is 1. The molecule has 1 aromatic heterocycles. The number of anilines is 2. The van der Waals surface area contributed by atoms with Crippen LogP contribution < -0.4 is 15.5 Å². The molecule has 8 nitrogen and oxygen atoms in total. The predicted octanol–water partition coefficient (Wildman–Crippen LogP) is 3.98. The summed E-state index contributed by atoms with van der Waals surface area (Å²) >= 11 is 0. The van der Waals surface area contributed by atoms with E-state index < -0.39 is 12.1 Å². The number of hydrogen-bond donors (Lipinski definition) is 2. The SMILES string of the molecule is Cc1cccc(NC(=O)NC2C=C(c3ccccc3)c3ccccc3N(CC(=O)N3CCCC3)C2=O)n1. The number of likely N-dealkylation sites (tertiary alicyclic amines) is 1. The van der Waals surface area contributed by atoms with Gasteiger partial charge in [0.15, 0.2) is 0 Å². The quantitative estimate of drug-likeness (QED) is 0.560. The largest absolute Gasteiger partial charge is 0.341 e. The minimum atomic E-state index is -1.00. The summed E-state index contributed by atoms with van der Waals surface area (Å²) in [6, 6.07) is 21.0. The molecular weight excluding hydrogens is 466 g/mol. The number of nitrogens with zero attached hydrogens (tertiary/aromatic N) is 3. The molecule has 8 heteroatoms. The maximum Gasteiger partial charge on any atom is 0.321 e. The van der Waals surface area contributed by atoms with Crippen LogP contribution in [-0.2, 0) is 9.59 Å². The van der Waals surface area contributed by atoms with Crippen LogP contribution in [0, 0.1) is 6.92 Å². The topological polar surface area (TPSA) is 94.6 Å². The Bertz CT molecular complexity index is 1350. The van der Waals surface area contributed by atoms with Gasteiger partial charge in [-0.25, -0.2) is 9.78 Å². The molecule has 2 aliphatic heterocycles. The molecular formula is C29H29N5O3. The van der Waals surface area contributed by atoms with E-state index in [4.69, 9.17) is 0 Å². The zero-order valence-corrected chi connectivity index (χ0v) is 20.7. The maximum absolute atomic E-state index is 13.9. The third-order valence-corrected chi connectivity index (χ3v) is 6.60. The minimum Gasteiger partial charge on any atom is -0.341 e. The molecule has 37 heavy (non-hydrogen) atoms. The van der Waals surface area contributed by atoms with E-state index in [1.165, 1.54) is 4.90 Å². The molecule has 2 aliphatic rings. The Morgan fingerprint density at radius 1 is 0.946 bits per heavy atom. The van der Waals surface area contributed by atoms with Gasteiger partial charge in [0, 0.05) is 24.3 Å². The van der Waals surface area contributed by atoms with Gasteiger partial charge in [0.1, 0.15) is 18.4 Å². The zero-order valence-electron chi connectivity index (χ0n) is 20.7. The van der Waals surface area contributed by atoms with Gasteiger partial charge < -0.3 is 15.1 Å². The van der Waals surface area contributed by atoms with Crippen molar-refractivity contribution < 1.29 is 14.4 Å². The summed E-state index contributed by atoms with van der Waals surface area (Å²) in [5.74, 6) is -0.0931. The summed E-state index contributed by atoms with van der Waals surface area (Å²) in [5, 5.41) is 5.51. The fraction of sp³-hybridized carbons (Fsp3) is 0.241. The summed E-state index contributed by atoms with van der Waals surface area (Å²) < 4.78 is 0. The lowest BCUT2D eigenvalue weighted by Gasteiger charge is -2.27. The molecule has 0 aliphatic carbocycles. The fourth-order valence-corrected chi connectivity index (χ4v) is 4.80. The van der Waals surface area contributed by atoms with Gasteiger partial charge in [0.2, 0.25) is 5.91 Å². The van der Waals surface area contributed by atoms with Gasteiger partial charge in [0.05, 0.1) is 5.69 Å². The van der Waals surface area contributed by atoms with Gasteiger partial charge in [-0.1, -0.05) is 54.6 Å². The first-order valence-electron chi connectivity index (χ1n) is 12.5. The maximum atomic E-state index is 13.9. The molecule has 0 bridgehead atoms. The van der Waals surface area contributed by atoms with Crippen molar-refractivity contribution in [3.63, 3.8) is 0 Å². The molecule has 1 atom stereocenters. The van der Waals surface area contributed by atoms with E-state index in [0.29, 0.717) is 24.6 Å². The van der Waals surface area contributed by atoms with Crippen molar-refractivity contribution in [1.82, 2.24) is 15.2 Å². The van der Waals surface area contributed by atoms with E-state index in [2.05, 4.69) is 15.6 Å². The van der Waals surface area contributed by atoms with Gasteiger partial charge in [-0.05, 0) is 55.2 Å². The number of carbonyl (C=O) groups excluding carboxylic acids is 3. The lowest BCUT2D eigenvalue weighted by atomic mass is 9.95. The highest BCUT2D eigenvalue weighted by atomic mass is 16.2. The summed E-state index contributed by atoms with van der Waals surface area (Å²) in [6.45, 7) is 3.14. The number of aromatic nitrogens is 1. The average molecular weight is 496 g/mol. The van der Waals surface area contributed by atoms with Crippen molar-refractivity contribution in [2.45, 2.75) is 25.8 Å². The molecule has 4 amide bonds. The molecule has 5 rings (SSSR count). The molecule has 0 spiro atoms. The monoisotopic (exact) mass is 495 g/mol. The van der Waals surface area contributed by atoms with Crippen molar-refractivity contribution in [1.29, 1.82) is 0 Å². The molecule has 1 saturated heterocycles. The highest BCUT2D eigenvalue weighted by Gasteiger charge is 2.34. The van der Waals surface area contributed by atoms with E-state index in [0.717, 1.165) is 35.2 Å². The fourth-order valence-electron chi connectivity index (χ4n) is 4.80. The summed E-state index contributed by atoms with van der Waals surface area (Å²) in [4.78, 5) is 47.6. The van der Waals surface area contributed by atoms with Crippen LogP contribution >= 0.6 is 0 Å². The normalized spacial score (nSPS) is 17.1. The number of benzene rings is 2. The van der Waals surface area contributed by atoms with E-state index >= 15 is 0 Å². The number of aryl methyl sites for hydroxylation is 1. The molecule has 0 radical (unpaired) electrons. The third-order valence-electron chi connectivity index (χ3n) is 6.60. The van der Waals surface area contributed by atoms with Crippen LogP contribution in [0.4, 0.5) is 16.3 Å². The number of hydrogen-bond acceptors (Lipinski definition) is 4. The number of rotatable bonds is 5. The molecule has 0 saturated carbocycles. The first-order chi connectivity index (χ1) is 18.0. The van der Waals surface area contributed by atoms with Gasteiger partial charge in [-0.3, -0.25) is 14.9 Å². The molecule has 1 fully saturated rings. The second-order valence-corrected chi connectivity index (χ2v) is 9.22. The highest BCUT2D eigenvalue weighted by molar-refractivity contribution is 6.09. The first-order valence-corrected chi connectivity index (χ1v) is 12.5. The van der Waals surface area contributed by atoms with Crippen LogP contribution in [0.15, 0.2) is 78.9 Å². The lowest BCUT2D eigenvalue weighted by molar-refractivity contribution is -0.130. The van der Waals surface area contributed by atoms with Crippen molar-refractivity contribution in [2.75, 3.05) is 29.9 Å². The summed E-state index contributed by atoms with van der Waals surface area (Å²) in [7, 11) is 0. The number of urea groups is 1. The van der Waals surface area contributed by atoms with Crippen molar-refractivity contribution in [2.24, 2.45) is 0 Å². The number of carbonyl (C=O) groups is 3. The van der Waals surface area contributed by atoms with Crippen LogP contribution in [-0.4, -0.2) is 53.4 Å². The minimum absolute atomic E-state index is 0.0923. The lowest BCUT2D eigenvalue weighted by Crippen LogP contribution is -2.51. The Hall–Kier alpha value is -4.46. The van der Waals surface area contributed by atoms with Gasteiger partial charge in [-0.2, -0.15) is 0 Å². The Morgan fingerprint density at radius 2 is 1.68 bits per heavy atom. The van der Waals surface area contributed by atoms with Gasteiger partial charge in [0.25, 0.3) is 5.91 Å². The average Bonchev–Trinajstić information content (AvgIpc) is 3.42. The van der Waals surface area contributed by atoms with Crippen molar-refractivity contribution >= 4 is 34.9 Å². The standard InChI is InChI=1S/C29H29N5O3/c1-20-10-9-15-26(30-20)32-29(37)31-24-18-23(21-11-3-2-4-12-21)22-13-5-6-14-25(22)34(28(24)36)19-27(35)33-16-7-8-17-33/h2-6,9-15,18,24H,7-8,16-17,19H2,1H3,(H2,30,31,32,37). The molecule has 2 N–H and O–H groups in total. The van der Waals surface area contributed by atoms with Crippen LogP contribution in [0.25, 0.3) is 5.57 Å². The summed E-state index contributed by atoms with van der Waals surface area (Å²) in [5.41, 5.74) is 3.93. The molecule has 3 aromatic rings. The van der Waals surface area contributed by atoms with Gasteiger partial charge in [-0.15, -0.1) is 0 Å².